The first kappa shape index (κ1) is 14.1. The molecule has 116 valence electrons. The highest BCUT2D eigenvalue weighted by molar-refractivity contribution is 9.10. The van der Waals surface area contributed by atoms with Crippen molar-refractivity contribution in [3.63, 3.8) is 0 Å². The van der Waals surface area contributed by atoms with Crippen LogP contribution in [0.25, 0.3) is 5.65 Å². The molecule has 4 rings (SSSR count). The molecule has 4 heterocycles. The van der Waals surface area contributed by atoms with Crippen LogP contribution in [0.2, 0.25) is 0 Å². The molecule has 0 atom stereocenters. The molecule has 0 aromatic carbocycles. The number of nitrogens with zero attached hydrogens (tertiary/aromatic N) is 5. The SMILES string of the molecule is Cc1nc2cnc(Br)cn2c1CN1C(=O)COc2cccnc21. The van der Waals surface area contributed by atoms with Crippen LogP contribution in [-0.4, -0.2) is 31.9 Å². The molecule has 1 aliphatic rings. The molecular formula is C15H12BrN5O2. The Balaban J connectivity index is 1.80. The standard InChI is InChI=1S/C15H12BrN5O2/c1-9-10(20-7-12(16)18-5-13(20)19-9)6-21-14(22)8-23-11-3-2-4-17-15(11)21/h2-5,7H,6,8H2,1H3. The van der Waals surface area contributed by atoms with E-state index in [1.807, 2.05) is 23.6 Å². The summed E-state index contributed by atoms with van der Waals surface area (Å²) in [5, 5.41) is 0. The molecule has 0 bridgehead atoms. The highest BCUT2D eigenvalue weighted by Crippen LogP contribution is 2.30. The van der Waals surface area contributed by atoms with Crippen LogP contribution in [-0.2, 0) is 11.3 Å². The highest BCUT2D eigenvalue weighted by atomic mass is 79.9. The maximum Gasteiger partial charge on any atom is 0.266 e. The Morgan fingerprint density at radius 2 is 2.26 bits per heavy atom. The zero-order valence-corrected chi connectivity index (χ0v) is 13.8. The highest BCUT2D eigenvalue weighted by Gasteiger charge is 2.28. The largest absolute Gasteiger partial charge is 0.480 e. The number of halogens is 1. The fraction of sp³-hybridized carbons (Fsp3) is 0.200. The van der Waals surface area contributed by atoms with Gasteiger partial charge in [0.15, 0.2) is 23.8 Å². The predicted octanol–water partition coefficient (Wildman–Crippen LogP) is 2.12. The molecule has 8 heteroatoms. The molecule has 0 unspecified atom stereocenters. The van der Waals surface area contributed by atoms with Gasteiger partial charge in [0.25, 0.3) is 5.91 Å². The lowest BCUT2D eigenvalue weighted by molar-refractivity contribution is -0.121. The van der Waals surface area contributed by atoms with Crippen LogP contribution in [0.5, 0.6) is 5.75 Å². The summed E-state index contributed by atoms with van der Waals surface area (Å²) in [6, 6.07) is 3.60. The van der Waals surface area contributed by atoms with Gasteiger partial charge < -0.3 is 4.74 Å². The molecule has 3 aromatic rings. The van der Waals surface area contributed by atoms with Gasteiger partial charge in [-0.15, -0.1) is 0 Å². The summed E-state index contributed by atoms with van der Waals surface area (Å²) in [5.74, 6) is 1.02. The van der Waals surface area contributed by atoms with E-state index in [2.05, 4.69) is 30.9 Å². The van der Waals surface area contributed by atoms with E-state index in [0.717, 1.165) is 17.0 Å². The number of amides is 1. The average molecular weight is 374 g/mol. The monoisotopic (exact) mass is 373 g/mol. The maximum atomic E-state index is 12.3. The van der Waals surface area contributed by atoms with E-state index in [-0.39, 0.29) is 12.5 Å². The molecular weight excluding hydrogens is 362 g/mol. The summed E-state index contributed by atoms with van der Waals surface area (Å²) in [6.45, 7) is 2.30. The van der Waals surface area contributed by atoms with Gasteiger partial charge in [0.1, 0.15) is 4.60 Å². The van der Waals surface area contributed by atoms with Gasteiger partial charge in [-0.1, -0.05) is 0 Å². The number of rotatable bonds is 2. The van der Waals surface area contributed by atoms with Crippen molar-refractivity contribution in [1.29, 1.82) is 0 Å². The quantitative estimate of drug-likeness (QED) is 0.687. The van der Waals surface area contributed by atoms with E-state index in [1.54, 1.807) is 23.4 Å². The van der Waals surface area contributed by atoms with Crippen LogP contribution in [0, 0.1) is 6.92 Å². The summed E-state index contributed by atoms with van der Waals surface area (Å²) in [6.07, 6.45) is 5.18. The Morgan fingerprint density at radius 3 is 3.13 bits per heavy atom. The number of carbonyl (C=O) groups excluding carboxylic acids is 1. The molecule has 0 saturated heterocycles. The summed E-state index contributed by atoms with van der Waals surface area (Å²) in [4.78, 5) is 26.9. The van der Waals surface area contributed by atoms with Gasteiger partial charge in [-0.25, -0.2) is 15.0 Å². The lowest BCUT2D eigenvalue weighted by Crippen LogP contribution is -2.39. The van der Waals surface area contributed by atoms with Crippen LogP contribution in [0.4, 0.5) is 5.82 Å². The number of carbonyl (C=O) groups is 1. The molecule has 0 N–H and O–H groups in total. The van der Waals surface area contributed by atoms with Crippen molar-refractivity contribution in [3.05, 3.63) is 46.7 Å². The van der Waals surface area contributed by atoms with Crippen molar-refractivity contribution in [3.8, 4) is 5.75 Å². The van der Waals surface area contributed by atoms with Gasteiger partial charge in [-0.05, 0) is 35.0 Å². The maximum absolute atomic E-state index is 12.3. The Kier molecular flexibility index (Phi) is 3.26. The fourth-order valence-electron chi connectivity index (χ4n) is 2.63. The number of aromatic nitrogens is 4. The number of hydrogen-bond donors (Lipinski definition) is 0. The summed E-state index contributed by atoms with van der Waals surface area (Å²) in [7, 11) is 0. The van der Waals surface area contributed by atoms with Gasteiger partial charge in [-0.2, -0.15) is 0 Å². The van der Waals surface area contributed by atoms with Crippen molar-refractivity contribution in [2.75, 3.05) is 11.5 Å². The minimum absolute atomic E-state index is 0.0136. The van der Waals surface area contributed by atoms with Crippen LogP contribution in [0.3, 0.4) is 0 Å². The molecule has 23 heavy (non-hydrogen) atoms. The molecule has 0 saturated carbocycles. The Morgan fingerprint density at radius 1 is 1.39 bits per heavy atom. The number of aryl methyl sites for hydroxylation is 1. The zero-order chi connectivity index (χ0) is 16.0. The minimum atomic E-state index is -0.126. The molecule has 0 spiro atoms. The second-order valence-corrected chi connectivity index (χ2v) is 5.99. The molecule has 0 aliphatic carbocycles. The van der Waals surface area contributed by atoms with Gasteiger partial charge >= 0.3 is 0 Å². The van der Waals surface area contributed by atoms with Crippen LogP contribution in [0.1, 0.15) is 11.4 Å². The Bertz CT molecular complexity index is 923. The van der Waals surface area contributed by atoms with E-state index in [4.69, 9.17) is 4.74 Å². The fourth-order valence-corrected chi connectivity index (χ4v) is 2.94. The van der Waals surface area contributed by atoms with Crippen LogP contribution >= 0.6 is 15.9 Å². The lowest BCUT2D eigenvalue weighted by atomic mass is 10.2. The zero-order valence-electron chi connectivity index (χ0n) is 12.2. The number of imidazole rings is 1. The summed E-state index contributed by atoms with van der Waals surface area (Å²) in [5.41, 5.74) is 2.50. The van der Waals surface area contributed by atoms with Crippen molar-refractivity contribution in [1.82, 2.24) is 19.4 Å². The van der Waals surface area contributed by atoms with E-state index in [9.17, 15) is 4.79 Å². The molecule has 7 nitrogen and oxygen atoms in total. The Labute approximate surface area is 140 Å². The topological polar surface area (TPSA) is 72.6 Å². The first-order valence-electron chi connectivity index (χ1n) is 7.01. The molecule has 1 aliphatic heterocycles. The van der Waals surface area contributed by atoms with Crippen molar-refractivity contribution in [2.24, 2.45) is 0 Å². The molecule has 0 fully saturated rings. The van der Waals surface area contributed by atoms with Crippen LogP contribution in [0.15, 0.2) is 35.3 Å². The van der Waals surface area contributed by atoms with E-state index >= 15 is 0 Å². The number of anilines is 1. The predicted molar refractivity (Wildman–Crippen MR) is 86.3 cm³/mol. The summed E-state index contributed by atoms with van der Waals surface area (Å²) < 4.78 is 8.06. The van der Waals surface area contributed by atoms with Crippen molar-refractivity contribution < 1.29 is 9.53 Å². The van der Waals surface area contributed by atoms with Gasteiger partial charge in [0, 0.05) is 12.4 Å². The average Bonchev–Trinajstić information content (AvgIpc) is 2.85. The smallest absolute Gasteiger partial charge is 0.266 e. The van der Waals surface area contributed by atoms with Crippen molar-refractivity contribution >= 4 is 33.3 Å². The van der Waals surface area contributed by atoms with E-state index in [1.165, 1.54) is 0 Å². The molecule has 3 aromatic heterocycles. The summed E-state index contributed by atoms with van der Waals surface area (Å²) >= 11 is 3.37. The number of pyridine rings is 1. The third kappa shape index (κ3) is 2.35. The van der Waals surface area contributed by atoms with Gasteiger partial charge in [-0.3, -0.25) is 14.1 Å². The third-order valence-electron chi connectivity index (χ3n) is 3.74. The number of fused-ring (bicyclic) bond motifs is 2. The lowest BCUT2D eigenvalue weighted by Gasteiger charge is -2.28. The first-order chi connectivity index (χ1) is 11.1. The third-order valence-corrected chi connectivity index (χ3v) is 4.15. The van der Waals surface area contributed by atoms with Gasteiger partial charge in [0.05, 0.1) is 24.1 Å². The van der Waals surface area contributed by atoms with Gasteiger partial charge in [0.2, 0.25) is 0 Å². The normalized spacial score (nSPS) is 14.0. The number of ether oxygens (including phenoxy) is 1. The second-order valence-electron chi connectivity index (χ2n) is 5.18. The van der Waals surface area contributed by atoms with E-state index < -0.39 is 0 Å². The second kappa shape index (κ2) is 5.31. The molecule has 1 amide bonds. The molecule has 0 radical (unpaired) electrons. The van der Waals surface area contributed by atoms with Crippen LogP contribution < -0.4 is 9.64 Å². The number of hydrogen-bond acceptors (Lipinski definition) is 5. The minimum Gasteiger partial charge on any atom is -0.480 e. The van der Waals surface area contributed by atoms with Crippen molar-refractivity contribution in [2.45, 2.75) is 13.5 Å². The van der Waals surface area contributed by atoms with E-state index in [0.29, 0.717) is 22.7 Å². The Hall–Kier alpha value is -2.48. The first-order valence-corrected chi connectivity index (χ1v) is 7.80.